The number of hydrogen-bond acceptors (Lipinski definition) is 3. The number of carbonyl (C=O) groups is 1. The van der Waals surface area contributed by atoms with Crippen molar-refractivity contribution in [3.63, 3.8) is 0 Å². The molecule has 90 valence electrons. The highest BCUT2D eigenvalue weighted by Gasteiger charge is 2.27. The molecule has 0 spiro atoms. The van der Waals surface area contributed by atoms with Crippen molar-refractivity contribution in [2.45, 2.75) is 47.0 Å². The predicted octanol–water partition coefficient (Wildman–Crippen LogP) is 3.14. The number of carbonyl (C=O) groups excluding carboxylic acids is 1. The van der Waals surface area contributed by atoms with E-state index in [1.165, 1.54) is 6.26 Å². The summed E-state index contributed by atoms with van der Waals surface area (Å²) in [5.41, 5.74) is 0.389. The first-order valence-electron chi connectivity index (χ1n) is 5.69. The van der Waals surface area contributed by atoms with E-state index in [9.17, 15) is 4.79 Å². The molecule has 4 nitrogen and oxygen atoms in total. The van der Waals surface area contributed by atoms with Crippen LogP contribution in [0, 0.1) is 12.3 Å². The van der Waals surface area contributed by atoms with Crippen LogP contribution in [-0.2, 0) is 4.79 Å². The topological polar surface area (TPSA) is 55.1 Å². The molecule has 1 N–H and O–H groups in total. The van der Waals surface area contributed by atoms with Crippen LogP contribution in [0.4, 0.5) is 6.01 Å². The number of unbranched alkanes of at least 4 members (excludes halogenated alkanes) is 1. The normalized spacial score (nSPS) is 11.5. The highest BCUT2D eigenvalue weighted by Crippen LogP contribution is 2.25. The van der Waals surface area contributed by atoms with Gasteiger partial charge in [0, 0.05) is 5.41 Å². The summed E-state index contributed by atoms with van der Waals surface area (Å²) in [7, 11) is 0. The standard InChI is InChI=1S/C12H20N2O2/c1-5-6-7-12(3,4)10(15)14-11-13-9(2)8-16-11/h8H,5-7H2,1-4H3,(H,13,14,15). The number of anilines is 1. The van der Waals surface area contributed by atoms with Crippen LogP contribution in [0.3, 0.4) is 0 Å². The second kappa shape index (κ2) is 5.14. The molecule has 0 saturated heterocycles. The molecule has 0 aromatic carbocycles. The molecule has 1 amide bonds. The van der Waals surface area contributed by atoms with Crippen molar-refractivity contribution >= 4 is 11.9 Å². The number of nitrogens with one attached hydrogen (secondary N) is 1. The van der Waals surface area contributed by atoms with Gasteiger partial charge in [0.2, 0.25) is 5.91 Å². The lowest BCUT2D eigenvalue weighted by Crippen LogP contribution is -2.30. The zero-order chi connectivity index (χ0) is 12.2. The third-order valence-corrected chi connectivity index (χ3v) is 2.61. The minimum absolute atomic E-state index is 0.0391. The molecule has 0 unspecified atom stereocenters. The van der Waals surface area contributed by atoms with Crippen LogP contribution < -0.4 is 5.32 Å². The Bertz CT molecular complexity index is 356. The second-order valence-electron chi connectivity index (χ2n) is 4.74. The maximum Gasteiger partial charge on any atom is 0.301 e. The summed E-state index contributed by atoms with van der Waals surface area (Å²) < 4.78 is 5.09. The molecule has 1 aromatic rings. The van der Waals surface area contributed by atoms with Crippen LogP contribution in [0.5, 0.6) is 0 Å². The molecule has 1 heterocycles. The molecule has 16 heavy (non-hydrogen) atoms. The SMILES string of the molecule is CCCCC(C)(C)C(=O)Nc1nc(C)co1. The van der Waals surface area contributed by atoms with E-state index in [2.05, 4.69) is 17.2 Å². The van der Waals surface area contributed by atoms with Gasteiger partial charge in [0.25, 0.3) is 0 Å². The van der Waals surface area contributed by atoms with Crippen molar-refractivity contribution in [2.24, 2.45) is 5.41 Å². The monoisotopic (exact) mass is 224 g/mol. The Morgan fingerprint density at radius 2 is 2.25 bits per heavy atom. The van der Waals surface area contributed by atoms with Gasteiger partial charge in [-0.25, -0.2) is 0 Å². The lowest BCUT2D eigenvalue weighted by Gasteiger charge is -2.21. The van der Waals surface area contributed by atoms with Crippen molar-refractivity contribution in [3.05, 3.63) is 12.0 Å². The van der Waals surface area contributed by atoms with E-state index < -0.39 is 0 Å². The van der Waals surface area contributed by atoms with E-state index in [0.29, 0.717) is 0 Å². The molecule has 0 aliphatic rings. The van der Waals surface area contributed by atoms with Gasteiger partial charge in [-0.3, -0.25) is 10.1 Å². The summed E-state index contributed by atoms with van der Waals surface area (Å²) in [4.78, 5) is 16.0. The third kappa shape index (κ3) is 3.36. The zero-order valence-electron chi connectivity index (χ0n) is 10.5. The Morgan fingerprint density at radius 1 is 1.56 bits per heavy atom. The second-order valence-corrected chi connectivity index (χ2v) is 4.74. The first-order chi connectivity index (χ1) is 7.45. The average molecular weight is 224 g/mol. The number of hydrogen-bond donors (Lipinski definition) is 1. The number of oxazole rings is 1. The number of amides is 1. The van der Waals surface area contributed by atoms with Crippen LogP contribution in [0.15, 0.2) is 10.7 Å². The molecule has 1 rings (SSSR count). The van der Waals surface area contributed by atoms with E-state index >= 15 is 0 Å². The Morgan fingerprint density at radius 3 is 2.75 bits per heavy atom. The quantitative estimate of drug-likeness (QED) is 0.835. The summed E-state index contributed by atoms with van der Waals surface area (Å²) in [6.07, 6.45) is 4.53. The van der Waals surface area contributed by atoms with Gasteiger partial charge in [-0.15, -0.1) is 0 Å². The van der Waals surface area contributed by atoms with E-state index in [1.807, 2.05) is 20.8 Å². The third-order valence-electron chi connectivity index (χ3n) is 2.61. The fourth-order valence-corrected chi connectivity index (χ4v) is 1.41. The van der Waals surface area contributed by atoms with E-state index in [1.54, 1.807) is 0 Å². The van der Waals surface area contributed by atoms with Gasteiger partial charge in [-0.05, 0) is 13.3 Å². The van der Waals surface area contributed by atoms with Crippen molar-refractivity contribution in [3.8, 4) is 0 Å². The fourth-order valence-electron chi connectivity index (χ4n) is 1.41. The number of rotatable bonds is 5. The molecule has 0 aliphatic heterocycles. The summed E-state index contributed by atoms with van der Waals surface area (Å²) in [6, 6.07) is 0.284. The molecule has 4 heteroatoms. The Labute approximate surface area is 96.4 Å². The highest BCUT2D eigenvalue weighted by molar-refractivity contribution is 5.92. The number of aryl methyl sites for hydroxylation is 1. The van der Waals surface area contributed by atoms with Gasteiger partial charge < -0.3 is 4.42 Å². The summed E-state index contributed by atoms with van der Waals surface area (Å²) >= 11 is 0. The molecule has 0 saturated carbocycles. The Balaban J connectivity index is 2.57. The Hall–Kier alpha value is -1.32. The highest BCUT2D eigenvalue weighted by atomic mass is 16.4. The first kappa shape index (κ1) is 12.7. The minimum atomic E-state index is -0.377. The zero-order valence-corrected chi connectivity index (χ0v) is 10.5. The van der Waals surface area contributed by atoms with Crippen LogP contribution >= 0.6 is 0 Å². The van der Waals surface area contributed by atoms with Crippen molar-refractivity contribution in [1.29, 1.82) is 0 Å². The predicted molar refractivity (Wildman–Crippen MR) is 63.2 cm³/mol. The summed E-state index contributed by atoms with van der Waals surface area (Å²) in [5.74, 6) is -0.0391. The summed E-state index contributed by atoms with van der Waals surface area (Å²) in [6.45, 7) is 7.81. The first-order valence-corrected chi connectivity index (χ1v) is 5.69. The molecule has 1 aromatic heterocycles. The van der Waals surface area contributed by atoms with Gasteiger partial charge in [0.15, 0.2) is 0 Å². The van der Waals surface area contributed by atoms with E-state index in [4.69, 9.17) is 4.42 Å². The lowest BCUT2D eigenvalue weighted by atomic mass is 9.86. The molecule has 0 bridgehead atoms. The van der Waals surface area contributed by atoms with Gasteiger partial charge in [-0.2, -0.15) is 4.98 Å². The van der Waals surface area contributed by atoms with Gasteiger partial charge in [0.1, 0.15) is 6.26 Å². The van der Waals surface area contributed by atoms with Gasteiger partial charge in [0.05, 0.1) is 5.69 Å². The largest absolute Gasteiger partial charge is 0.432 e. The molecular weight excluding hydrogens is 204 g/mol. The average Bonchev–Trinajstić information content (AvgIpc) is 2.61. The molecular formula is C12H20N2O2. The lowest BCUT2D eigenvalue weighted by molar-refractivity contribution is -0.124. The van der Waals surface area contributed by atoms with Crippen LogP contribution in [0.1, 0.15) is 45.7 Å². The van der Waals surface area contributed by atoms with E-state index in [-0.39, 0.29) is 17.3 Å². The maximum atomic E-state index is 11.9. The molecule has 0 aliphatic carbocycles. The van der Waals surface area contributed by atoms with Gasteiger partial charge >= 0.3 is 6.01 Å². The number of aromatic nitrogens is 1. The van der Waals surface area contributed by atoms with Crippen LogP contribution in [-0.4, -0.2) is 10.9 Å². The molecule has 0 atom stereocenters. The van der Waals surface area contributed by atoms with Crippen LogP contribution in [0.25, 0.3) is 0 Å². The molecule has 0 radical (unpaired) electrons. The fraction of sp³-hybridized carbons (Fsp3) is 0.667. The van der Waals surface area contributed by atoms with Crippen molar-refractivity contribution in [1.82, 2.24) is 4.98 Å². The van der Waals surface area contributed by atoms with E-state index in [0.717, 1.165) is 25.0 Å². The van der Waals surface area contributed by atoms with Crippen molar-refractivity contribution < 1.29 is 9.21 Å². The summed E-state index contributed by atoms with van der Waals surface area (Å²) in [5, 5.41) is 2.70. The molecule has 0 fully saturated rings. The number of nitrogens with zero attached hydrogens (tertiary/aromatic N) is 1. The minimum Gasteiger partial charge on any atom is -0.432 e. The maximum absolute atomic E-state index is 11.9. The van der Waals surface area contributed by atoms with Gasteiger partial charge in [-0.1, -0.05) is 33.6 Å². The smallest absolute Gasteiger partial charge is 0.301 e. The van der Waals surface area contributed by atoms with Crippen molar-refractivity contribution in [2.75, 3.05) is 5.32 Å². The van der Waals surface area contributed by atoms with Crippen LogP contribution in [0.2, 0.25) is 0 Å². The Kier molecular flexibility index (Phi) is 4.10.